The third-order valence-electron chi connectivity index (χ3n) is 2.99. The fourth-order valence-electron chi connectivity index (χ4n) is 2.19. The summed E-state index contributed by atoms with van der Waals surface area (Å²) in [4.78, 5) is 8.56. The standard InChI is InChI=1S/C14H11ClN2O/c1-8(18)13-12-10(6-7-16-14(12)15)9-4-2-3-5-11(9)17-13/h2-8,18H,1H3. The number of para-hydroxylation sites is 1. The molecule has 0 fully saturated rings. The predicted octanol–water partition coefficient (Wildman–Crippen LogP) is 3.49. The van der Waals surface area contributed by atoms with E-state index in [0.29, 0.717) is 10.8 Å². The van der Waals surface area contributed by atoms with Gasteiger partial charge in [0.2, 0.25) is 0 Å². The number of halogens is 1. The lowest BCUT2D eigenvalue weighted by molar-refractivity contribution is 0.196. The minimum Gasteiger partial charge on any atom is -0.387 e. The van der Waals surface area contributed by atoms with Crippen molar-refractivity contribution in [3.05, 3.63) is 47.4 Å². The normalized spacial score (nSPS) is 13.1. The van der Waals surface area contributed by atoms with Crippen molar-refractivity contribution >= 4 is 33.3 Å². The molecule has 2 heterocycles. The van der Waals surface area contributed by atoms with Crippen molar-refractivity contribution in [2.75, 3.05) is 0 Å². The highest BCUT2D eigenvalue weighted by molar-refractivity contribution is 6.35. The highest BCUT2D eigenvalue weighted by atomic mass is 35.5. The number of fused-ring (bicyclic) bond motifs is 3. The zero-order valence-corrected chi connectivity index (χ0v) is 10.5. The molecular weight excluding hydrogens is 248 g/mol. The molecule has 0 saturated heterocycles. The first-order valence-corrected chi connectivity index (χ1v) is 6.07. The van der Waals surface area contributed by atoms with E-state index in [4.69, 9.17) is 11.6 Å². The van der Waals surface area contributed by atoms with Crippen molar-refractivity contribution in [3.63, 3.8) is 0 Å². The van der Waals surface area contributed by atoms with E-state index in [-0.39, 0.29) is 0 Å². The number of hydrogen-bond donors (Lipinski definition) is 1. The monoisotopic (exact) mass is 258 g/mol. The third kappa shape index (κ3) is 1.64. The maximum absolute atomic E-state index is 9.86. The minimum absolute atomic E-state index is 0.377. The number of hydrogen-bond acceptors (Lipinski definition) is 3. The molecule has 1 aromatic carbocycles. The van der Waals surface area contributed by atoms with Crippen LogP contribution in [-0.2, 0) is 0 Å². The van der Waals surface area contributed by atoms with Gasteiger partial charge >= 0.3 is 0 Å². The molecule has 4 heteroatoms. The average Bonchev–Trinajstić information content (AvgIpc) is 2.38. The Hall–Kier alpha value is -1.71. The van der Waals surface area contributed by atoms with Crippen LogP contribution in [0.2, 0.25) is 5.15 Å². The van der Waals surface area contributed by atoms with Crippen molar-refractivity contribution in [1.82, 2.24) is 9.97 Å². The number of aliphatic hydroxyl groups is 1. The van der Waals surface area contributed by atoms with Gasteiger partial charge in [-0.3, -0.25) is 0 Å². The van der Waals surface area contributed by atoms with Crippen LogP contribution in [0.5, 0.6) is 0 Å². The predicted molar refractivity (Wildman–Crippen MR) is 72.7 cm³/mol. The van der Waals surface area contributed by atoms with Crippen LogP contribution < -0.4 is 0 Å². The molecule has 0 spiro atoms. The van der Waals surface area contributed by atoms with Crippen LogP contribution in [0.1, 0.15) is 18.7 Å². The first-order valence-electron chi connectivity index (χ1n) is 5.69. The Bertz CT molecular complexity index is 740. The van der Waals surface area contributed by atoms with Gasteiger partial charge in [-0.2, -0.15) is 0 Å². The van der Waals surface area contributed by atoms with Gasteiger partial charge in [0.15, 0.2) is 0 Å². The molecule has 90 valence electrons. The van der Waals surface area contributed by atoms with Crippen LogP contribution in [0.15, 0.2) is 36.5 Å². The van der Waals surface area contributed by atoms with Gasteiger partial charge in [0.1, 0.15) is 5.15 Å². The topological polar surface area (TPSA) is 46.0 Å². The molecule has 0 aliphatic heterocycles. The van der Waals surface area contributed by atoms with Gasteiger partial charge in [-0.15, -0.1) is 0 Å². The van der Waals surface area contributed by atoms with Crippen molar-refractivity contribution in [2.45, 2.75) is 13.0 Å². The molecule has 0 aliphatic carbocycles. The van der Waals surface area contributed by atoms with Crippen LogP contribution >= 0.6 is 11.6 Å². The maximum Gasteiger partial charge on any atom is 0.138 e. The second-order valence-electron chi connectivity index (χ2n) is 4.21. The summed E-state index contributed by atoms with van der Waals surface area (Å²) in [6.07, 6.45) is 0.988. The van der Waals surface area contributed by atoms with Gasteiger partial charge in [-0.05, 0) is 24.4 Å². The molecular formula is C14H11ClN2O. The smallest absolute Gasteiger partial charge is 0.138 e. The molecule has 1 unspecified atom stereocenters. The Morgan fingerprint density at radius 3 is 2.72 bits per heavy atom. The van der Waals surface area contributed by atoms with E-state index in [1.165, 1.54) is 0 Å². The SMILES string of the molecule is CC(O)c1nc2ccccc2c2ccnc(Cl)c12. The molecule has 0 saturated carbocycles. The average molecular weight is 259 g/mol. The van der Waals surface area contributed by atoms with Gasteiger partial charge in [0, 0.05) is 17.0 Å². The number of pyridine rings is 2. The quantitative estimate of drug-likeness (QED) is 0.537. The van der Waals surface area contributed by atoms with E-state index >= 15 is 0 Å². The Morgan fingerprint density at radius 2 is 1.94 bits per heavy atom. The first kappa shape index (κ1) is 11.4. The Kier molecular flexibility index (Phi) is 2.65. The van der Waals surface area contributed by atoms with Crippen LogP contribution in [0.3, 0.4) is 0 Å². The van der Waals surface area contributed by atoms with E-state index in [2.05, 4.69) is 9.97 Å². The van der Waals surface area contributed by atoms with Crippen molar-refractivity contribution in [3.8, 4) is 0 Å². The van der Waals surface area contributed by atoms with Crippen LogP contribution in [0.25, 0.3) is 21.7 Å². The number of aliphatic hydroxyl groups excluding tert-OH is 1. The number of rotatable bonds is 1. The first-order chi connectivity index (χ1) is 8.68. The fraction of sp³-hybridized carbons (Fsp3) is 0.143. The van der Waals surface area contributed by atoms with Gasteiger partial charge in [0.25, 0.3) is 0 Å². The van der Waals surface area contributed by atoms with Gasteiger partial charge < -0.3 is 5.11 Å². The lowest BCUT2D eigenvalue weighted by Crippen LogP contribution is -1.99. The second kappa shape index (κ2) is 4.19. The van der Waals surface area contributed by atoms with E-state index in [9.17, 15) is 5.11 Å². The van der Waals surface area contributed by atoms with Crippen LogP contribution in [-0.4, -0.2) is 15.1 Å². The largest absolute Gasteiger partial charge is 0.387 e. The number of aromatic nitrogens is 2. The summed E-state index contributed by atoms with van der Waals surface area (Å²) in [5.74, 6) is 0. The number of nitrogens with zero attached hydrogens (tertiary/aromatic N) is 2. The Morgan fingerprint density at radius 1 is 1.17 bits per heavy atom. The minimum atomic E-state index is -0.682. The summed E-state index contributed by atoms with van der Waals surface area (Å²) >= 11 is 6.14. The number of benzene rings is 1. The summed E-state index contributed by atoms with van der Waals surface area (Å²) in [5.41, 5.74) is 1.42. The van der Waals surface area contributed by atoms with E-state index in [1.807, 2.05) is 30.3 Å². The molecule has 1 atom stereocenters. The maximum atomic E-state index is 9.86. The third-order valence-corrected chi connectivity index (χ3v) is 3.28. The Labute approximate surface area is 109 Å². The zero-order valence-electron chi connectivity index (χ0n) is 9.76. The molecule has 3 aromatic rings. The molecule has 2 aromatic heterocycles. The zero-order chi connectivity index (χ0) is 12.7. The second-order valence-corrected chi connectivity index (χ2v) is 4.57. The van der Waals surface area contributed by atoms with E-state index < -0.39 is 6.10 Å². The highest BCUT2D eigenvalue weighted by Gasteiger charge is 2.14. The molecule has 0 aliphatic rings. The molecule has 0 amide bonds. The van der Waals surface area contributed by atoms with E-state index in [0.717, 1.165) is 21.7 Å². The molecule has 1 N–H and O–H groups in total. The lowest BCUT2D eigenvalue weighted by Gasteiger charge is -2.12. The van der Waals surface area contributed by atoms with Crippen molar-refractivity contribution < 1.29 is 5.11 Å². The molecule has 3 nitrogen and oxygen atoms in total. The lowest BCUT2D eigenvalue weighted by atomic mass is 10.0. The summed E-state index contributed by atoms with van der Waals surface area (Å²) in [7, 11) is 0. The van der Waals surface area contributed by atoms with Crippen LogP contribution in [0, 0.1) is 0 Å². The Balaban J connectivity index is 2.59. The van der Waals surface area contributed by atoms with Gasteiger partial charge in [-0.1, -0.05) is 29.8 Å². The molecule has 0 radical (unpaired) electrons. The van der Waals surface area contributed by atoms with Gasteiger partial charge in [0.05, 0.1) is 17.3 Å². The molecule has 18 heavy (non-hydrogen) atoms. The fourth-order valence-corrected chi connectivity index (χ4v) is 2.45. The summed E-state index contributed by atoms with van der Waals surface area (Å²) in [5, 5.41) is 12.9. The summed E-state index contributed by atoms with van der Waals surface area (Å²) < 4.78 is 0. The van der Waals surface area contributed by atoms with E-state index in [1.54, 1.807) is 13.1 Å². The molecule has 0 bridgehead atoms. The van der Waals surface area contributed by atoms with Crippen molar-refractivity contribution in [1.29, 1.82) is 0 Å². The molecule has 3 rings (SSSR count). The van der Waals surface area contributed by atoms with Crippen LogP contribution in [0.4, 0.5) is 0 Å². The summed E-state index contributed by atoms with van der Waals surface area (Å²) in [6, 6.07) is 9.70. The summed E-state index contributed by atoms with van der Waals surface area (Å²) in [6.45, 7) is 1.68. The van der Waals surface area contributed by atoms with Crippen molar-refractivity contribution in [2.24, 2.45) is 0 Å². The highest BCUT2D eigenvalue weighted by Crippen LogP contribution is 2.32. The van der Waals surface area contributed by atoms with Gasteiger partial charge in [-0.25, -0.2) is 9.97 Å².